The number of amides is 2. The summed E-state index contributed by atoms with van der Waals surface area (Å²) < 4.78 is 10.5. The average molecular weight is 424 g/mol. The predicted octanol–water partition coefficient (Wildman–Crippen LogP) is 2.12. The molecule has 1 fully saturated rings. The monoisotopic (exact) mass is 423 g/mol. The summed E-state index contributed by atoms with van der Waals surface area (Å²) in [5.74, 6) is 0.785. The van der Waals surface area contributed by atoms with E-state index in [0.29, 0.717) is 32.7 Å². The second-order valence-electron chi connectivity index (χ2n) is 7.87. The zero-order chi connectivity index (χ0) is 21.8. The van der Waals surface area contributed by atoms with Crippen LogP contribution in [0.4, 0.5) is 5.69 Å². The van der Waals surface area contributed by atoms with Crippen LogP contribution in [0.15, 0.2) is 48.5 Å². The molecule has 0 radical (unpaired) electrons. The van der Waals surface area contributed by atoms with Crippen LogP contribution in [0.2, 0.25) is 0 Å². The van der Waals surface area contributed by atoms with Crippen LogP contribution in [0.1, 0.15) is 17.2 Å². The van der Waals surface area contributed by atoms with Crippen molar-refractivity contribution in [3.05, 3.63) is 59.7 Å². The molecule has 2 aromatic rings. The summed E-state index contributed by atoms with van der Waals surface area (Å²) in [6.45, 7) is 3.51. The van der Waals surface area contributed by atoms with E-state index in [2.05, 4.69) is 11.0 Å². The van der Waals surface area contributed by atoms with Crippen LogP contribution in [0.5, 0.6) is 5.75 Å². The summed E-state index contributed by atoms with van der Waals surface area (Å²) in [5.41, 5.74) is 2.96. The first-order valence-corrected chi connectivity index (χ1v) is 10.7. The summed E-state index contributed by atoms with van der Waals surface area (Å²) in [7, 11) is 3.27. The standard InChI is InChI=1S/C24H29N3O4/c1-30-15-14-27-22(28)16-18-6-3-4-9-21(18)23(27)24(29)26-12-10-25(11-13-26)19-7-5-8-20(17-19)31-2/h3-9,17,23H,10-16H2,1-2H3/t23-/m1/s1. The molecule has 0 spiro atoms. The van der Waals surface area contributed by atoms with Gasteiger partial charge in [-0.2, -0.15) is 0 Å². The number of benzene rings is 2. The molecule has 2 heterocycles. The van der Waals surface area contributed by atoms with Gasteiger partial charge in [0.2, 0.25) is 11.8 Å². The molecule has 2 aliphatic rings. The molecular formula is C24H29N3O4. The molecule has 0 aromatic heterocycles. The Morgan fingerprint density at radius 1 is 1.03 bits per heavy atom. The highest BCUT2D eigenvalue weighted by Crippen LogP contribution is 2.32. The maximum absolute atomic E-state index is 13.6. The third kappa shape index (κ3) is 4.37. The van der Waals surface area contributed by atoms with E-state index < -0.39 is 6.04 Å². The van der Waals surface area contributed by atoms with Crippen molar-refractivity contribution >= 4 is 17.5 Å². The fourth-order valence-electron chi connectivity index (χ4n) is 4.41. The van der Waals surface area contributed by atoms with Crippen molar-refractivity contribution in [1.82, 2.24) is 9.80 Å². The Kier molecular flexibility index (Phi) is 6.42. The van der Waals surface area contributed by atoms with Crippen LogP contribution in [0.25, 0.3) is 0 Å². The van der Waals surface area contributed by atoms with E-state index in [-0.39, 0.29) is 11.8 Å². The van der Waals surface area contributed by atoms with Gasteiger partial charge in [-0.25, -0.2) is 0 Å². The third-order valence-corrected chi connectivity index (χ3v) is 6.10. The molecule has 1 saturated heterocycles. The quantitative estimate of drug-likeness (QED) is 0.712. The topological polar surface area (TPSA) is 62.3 Å². The van der Waals surface area contributed by atoms with Gasteiger partial charge in [-0.3, -0.25) is 9.59 Å². The number of carbonyl (C=O) groups excluding carboxylic acids is 2. The van der Waals surface area contributed by atoms with Gasteiger partial charge in [-0.1, -0.05) is 30.3 Å². The molecule has 2 amide bonds. The average Bonchev–Trinajstić information content (AvgIpc) is 2.82. The molecule has 0 N–H and O–H groups in total. The predicted molar refractivity (Wildman–Crippen MR) is 118 cm³/mol. The van der Waals surface area contributed by atoms with Crippen LogP contribution in [0.3, 0.4) is 0 Å². The molecule has 2 aliphatic heterocycles. The van der Waals surface area contributed by atoms with E-state index in [0.717, 1.165) is 35.7 Å². The number of carbonyl (C=O) groups is 2. The largest absolute Gasteiger partial charge is 0.497 e. The highest BCUT2D eigenvalue weighted by atomic mass is 16.5. The van der Waals surface area contributed by atoms with Gasteiger partial charge < -0.3 is 24.2 Å². The van der Waals surface area contributed by atoms with Crippen molar-refractivity contribution < 1.29 is 19.1 Å². The van der Waals surface area contributed by atoms with Gasteiger partial charge >= 0.3 is 0 Å². The Bertz CT molecular complexity index is 940. The molecule has 7 nitrogen and oxygen atoms in total. The van der Waals surface area contributed by atoms with Crippen molar-refractivity contribution in [3.63, 3.8) is 0 Å². The maximum atomic E-state index is 13.6. The number of anilines is 1. The Labute approximate surface area is 183 Å². The Balaban J connectivity index is 1.51. The maximum Gasteiger partial charge on any atom is 0.250 e. The van der Waals surface area contributed by atoms with Gasteiger partial charge in [0.05, 0.1) is 20.1 Å². The SMILES string of the molecule is COCCN1C(=O)Cc2ccccc2[C@@H]1C(=O)N1CCN(c2cccc(OC)c2)CC1. The highest BCUT2D eigenvalue weighted by molar-refractivity contribution is 5.92. The molecule has 0 unspecified atom stereocenters. The van der Waals surface area contributed by atoms with Gasteiger partial charge in [0, 0.05) is 51.6 Å². The second kappa shape index (κ2) is 9.39. The molecule has 0 saturated carbocycles. The molecule has 164 valence electrons. The fraction of sp³-hybridized carbons (Fsp3) is 0.417. The van der Waals surface area contributed by atoms with E-state index in [9.17, 15) is 9.59 Å². The number of ether oxygens (including phenoxy) is 2. The van der Waals surface area contributed by atoms with Gasteiger partial charge in [-0.15, -0.1) is 0 Å². The van der Waals surface area contributed by atoms with Crippen LogP contribution >= 0.6 is 0 Å². The second-order valence-corrected chi connectivity index (χ2v) is 7.87. The van der Waals surface area contributed by atoms with Crippen molar-refractivity contribution in [2.75, 3.05) is 58.5 Å². The van der Waals surface area contributed by atoms with Gasteiger partial charge in [0.15, 0.2) is 0 Å². The highest BCUT2D eigenvalue weighted by Gasteiger charge is 2.39. The zero-order valence-corrected chi connectivity index (χ0v) is 18.1. The Hall–Kier alpha value is -3.06. The number of hydrogen-bond acceptors (Lipinski definition) is 5. The molecule has 31 heavy (non-hydrogen) atoms. The van der Waals surface area contributed by atoms with Gasteiger partial charge in [-0.05, 0) is 23.3 Å². The minimum absolute atomic E-state index is 0.0121. The summed E-state index contributed by atoms with van der Waals surface area (Å²) in [5, 5.41) is 0. The first-order chi connectivity index (χ1) is 15.1. The van der Waals surface area contributed by atoms with Crippen molar-refractivity contribution in [3.8, 4) is 5.75 Å². The first-order valence-electron chi connectivity index (χ1n) is 10.7. The molecule has 7 heteroatoms. The third-order valence-electron chi connectivity index (χ3n) is 6.10. The normalized spacial score (nSPS) is 18.7. The minimum Gasteiger partial charge on any atom is -0.497 e. The van der Waals surface area contributed by atoms with E-state index in [4.69, 9.17) is 9.47 Å². The Morgan fingerprint density at radius 3 is 2.55 bits per heavy atom. The number of methoxy groups -OCH3 is 2. The van der Waals surface area contributed by atoms with Crippen LogP contribution in [-0.4, -0.2) is 75.2 Å². The van der Waals surface area contributed by atoms with E-state index in [1.807, 2.05) is 47.4 Å². The molecule has 2 aromatic carbocycles. The van der Waals surface area contributed by atoms with Crippen molar-refractivity contribution in [2.24, 2.45) is 0 Å². The van der Waals surface area contributed by atoms with Gasteiger partial charge in [0.25, 0.3) is 0 Å². The molecule has 1 atom stereocenters. The van der Waals surface area contributed by atoms with Crippen molar-refractivity contribution in [1.29, 1.82) is 0 Å². The molecule has 0 aliphatic carbocycles. The minimum atomic E-state index is -0.587. The van der Waals surface area contributed by atoms with Crippen LogP contribution in [-0.2, 0) is 20.7 Å². The summed E-state index contributed by atoms with van der Waals surface area (Å²) >= 11 is 0. The van der Waals surface area contributed by atoms with Crippen molar-refractivity contribution in [2.45, 2.75) is 12.5 Å². The lowest BCUT2D eigenvalue weighted by atomic mass is 9.91. The van der Waals surface area contributed by atoms with E-state index >= 15 is 0 Å². The first kappa shape index (κ1) is 21.2. The van der Waals surface area contributed by atoms with Crippen LogP contribution in [0, 0.1) is 0 Å². The lowest BCUT2D eigenvalue weighted by Crippen LogP contribution is -2.54. The smallest absolute Gasteiger partial charge is 0.250 e. The van der Waals surface area contributed by atoms with Crippen LogP contribution < -0.4 is 9.64 Å². The fourth-order valence-corrected chi connectivity index (χ4v) is 4.41. The number of hydrogen-bond donors (Lipinski definition) is 0. The molecule has 4 rings (SSSR count). The number of nitrogens with zero attached hydrogens (tertiary/aromatic N) is 3. The van der Waals surface area contributed by atoms with E-state index in [1.54, 1.807) is 19.1 Å². The van der Waals surface area contributed by atoms with Gasteiger partial charge in [0.1, 0.15) is 11.8 Å². The number of fused-ring (bicyclic) bond motifs is 1. The lowest BCUT2D eigenvalue weighted by Gasteiger charge is -2.42. The molecule has 0 bridgehead atoms. The Morgan fingerprint density at radius 2 is 1.81 bits per heavy atom. The lowest BCUT2D eigenvalue weighted by molar-refractivity contribution is -0.147. The molecular weight excluding hydrogens is 394 g/mol. The summed E-state index contributed by atoms with van der Waals surface area (Å²) in [6.07, 6.45) is 0.327. The number of rotatable bonds is 6. The summed E-state index contributed by atoms with van der Waals surface area (Å²) in [4.78, 5) is 32.3. The summed E-state index contributed by atoms with van der Waals surface area (Å²) in [6, 6.07) is 15.2. The number of piperazine rings is 1. The van der Waals surface area contributed by atoms with E-state index in [1.165, 1.54) is 0 Å². The zero-order valence-electron chi connectivity index (χ0n) is 18.1.